The summed E-state index contributed by atoms with van der Waals surface area (Å²) in [5.41, 5.74) is 1.19. The summed E-state index contributed by atoms with van der Waals surface area (Å²) in [7, 11) is 0. The van der Waals surface area contributed by atoms with Gasteiger partial charge >= 0.3 is 0 Å². The number of aromatic nitrogens is 1. The maximum Gasteiger partial charge on any atom is 0.123 e. The molecule has 0 aliphatic rings. The molecule has 2 aromatic rings. The highest BCUT2D eigenvalue weighted by molar-refractivity contribution is 5.28. The van der Waals surface area contributed by atoms with Gasteiger partial charge < -0.3 is 5.11 Å². The minimum absolute atomic E-state index is 0.351. The van der Waals surface area contributed by atoms with Crippen molar-refractivity contribution in [3.8, 4) is 0 Å². The zero-order valence-corrected chi connectivity index (χ0v) is 7.97. The van der Waals surface area contributed by atoms with E-state index in [-0.39, 0.29) is 5.82 Å². The molecule has 1 heterocycles. The minimum Gasteiger partial charge on any atom is -0.384 e. The van der Waals surface area contributed by atoms with Crippen molar-refractivity contribution >= 4 is 0 Å². The van der Waals surface area contributed by atoms with Crippen LogP contribution in [0.3, 0.4) is 0 Å². The fraction of sp³-hybridized carbons (Fsp3) is 0.0833. The third-order valence-electron chi connectivity index (χ3n) is 2.16. The second kappa shape index (κ2) is 4.19. The van der Waals surface area contributed by atoms with Crippen molar-refractivity contribution in [1.82, 2.24) is 4.98 Å². The van der Waals surface area contributed by atoms with Gasteiger partial charge in [-0.1, -0.05) is 18.2 Å². The number of aliphatic hydroxyl groups excluding tert-OH is 1. The predicted octanol–water partition coefficient (Wildman–Crippen LogP) is 2.30. The lowest BCUT2D eigenvalue weighted by molar-refractivity contribution is 0.219. The lowest BCUT2D eigenvalue weighted by Gasteiger charge is -2.10. The Kier molecular flexibility index (Phi) is 2.74. The number of pyridine rings is 1. The summed E-state index contributed by atoms with van der Waals surface area (Å²) in [6.45, 7) is 0. The van der Waals surface area contributed by atoms with Crippen molar-refractivity contribution < 1.29 is 9.50 Å². The lowest BCUT2D eigenvalue weighted by Crippen LogP contribution is -2.00. The van der Waals surface area contributed by atoms with E-state index in [0.29, 0.717) is 11.1 Å². The topological polar surface area (TPSA) is 33.1 Å². The first kappa shape index (κ1) is 9.80. The molecular formula is C12H10FNO. The summed E-state index contributed by atoms with van der Waals surface area (Å²) in [4.78, 5) is 3.90. The standard InChI is InChI=1S/C12H10FNO/c13-11-5-1-3-9(7-11)12(15)10-4-2-6-14-8-10/h1-8,12,15H/t12-/m1/s1. The summed E-state index contributed by atoms with van der Waals surface area (Å²) in [5.74, 6) is -0.351. The van der Waals surface area contributed by atoms with Gasteiger partial charge in [0.05, 0.1) is 0 Å². The molecule has 0 fully saturated rings. The van der Waals surface area contributed by atoms with Gasteiger partial charge in [0.2, 0.25) is 0 Å². The van der Waals surface area contributed by atoms with Crippen molar-refractivity contribution in [3.05, 3.63) is 65.7 Å². The van der Waals surface area contributed by atoms with E-state index in [4.69, 9.17) is 0 Å². The average molecular weight is 203 g/mol. The highest BCUT2D eigenvalue weighted by Crippen LogP contribution is 2.21. The van der Waals surface area contributed by atoms with Gasteiger partial charge in [-0.3, -0.25) is 4.98 Å². The number of nitrogens with zero attached hydrogens (tertiary/aromatic N) is 1. The van der Waals surface area contributed by atoms with Gasteiger partial charge in [0.25, 0.3) is 0 Å². The molecule has 0 spiro atoms. The highest BCUT2D eigenvalue weighted by atomic mass is 19.1. The third-order valence-corrected chi connectivity index (χ3v) is 2.16. The Morgan fingerprint density at radius 1 is 1.13 bits per heavy atom. The molecule has 0 amide bonds. The van der Waals surface area contributed by atoms with Crippen LogP contribution in [0.2, 0.25) is 0 Å². The maximum atomic E-state index is 12.9. The first-order chi connectivity index (χ1) is 7.27. The molecule has 0 saturated carbocycles. The van der Waals surface area contributed by atoms with Crippen molar-refractivity contribution in [2.24, 2.45) is 0 Å². The van der Waals surface area contributed by atoms with Crippen LogP contribution in [0.1, 0.15) is 17.2 Å². The monoisotopic (exact) mass is 203 g/mol. The Hall–Kier alpha value is -1.74. The molecule has 2 rings (SSSR count). The van der Waals surface area contributed by atoms with Crippen LogP contribution in [-0.2, 0) is 0 Å². The first-order valence-electron chi connectivity index (χ1n) is 4.61. The second-order valence-electron chi connectivity index (χ2n) is 3.24. The zero-order chi connectivity index (χ0) is 10.7. The number of hydrogen-bond acceptors (Lipinski definition) is 2. The SMILES string of the molecule is O[C@@H](c1cccnc1)c1cccc(F)c1. The van der Waals surface area contributed by atoms with E-state index in [1.54, 1.807) is 36.7 Å². The van der Waals surface area contributed by atoms with E-state index in [2.05, 4.69) is 4.98 Å². The van der Waals surface area contributed by atoms with Crippen LogP contribution in [0.25, 0.3) is 0 Å². The molecule has 1 N–H and O–H groups in total. The van der Waals surface area contributed by atoms with Crippen LogP contribution in [-0.4, -0.2) is 10.1 Å². The van der Waals surface area contributed by atoms with E-state index in [1.165, 1.54) is 12.1 Å². The molecular weight excluding hydrogens is 193 g/mol. The summed E-state index contributed by atoms with van der Waals surface area (Å²) >= 11 is 0. The molecule has 76 valence electrons. The van der Waals surface area contributed by atoms with Crippen LogP contribution in [0.15, 0.2) is 48.8 Å². The van der Waals surface area contributed by atoms with Crippen molar-refractivity contribution in [2.45, 2.75) is 6.10 Å². The Labute approximate surface area is 87.0 Å². The third kappa shape index (κ3) is 2.19. The Balaban J connectivity index is 2.32. The quantitative estimate of drug-likeness (QED) is 0.812. The fourth-order valence-electron chi connectivity index (χ4n) is 1.41. The van der Waals surface area contributed by atoms with Gasteiger partial charge in [-0.05, 0) is 23.8 Å². The van der Waals surface area contributed by atoms with Gasteiger partial charge in [-0.25, -0.2) is 4.39 Å². The second-order valence-corrected chi connectivity index (χ2v) is 3.24. The lowest BCUT2D eigenvalue weighted by atomic mass is 10.0. The van der Waals surface area contributed by atoms with E-state index < -0.39 is 6.10 Å². The molecule has 1 atom stereocenters. The van der Waals surface area contributed by atoms with Gasteiger partial charge in [-0.2, -0.15) is 0 Å². The Morgan fingerprint density at radius 3 is 2.60 bits per heavy atom. The molecule has 1 aromatic heterocycles. The van der Waals surface area contributed by atoms with Gasteiger partial charge in [0.1, 0.15) is 11.9 Å². The van der Waals surface area contributed by atoms with Crippen LogP contribution >= 0.6 is 0 Å². The average Bonchev–Trinajstić information content (AvgIpc) is 2.29. The van der Waals surface area contributed by atoms with Gasteiger partial charge in [-0.15, -0.1) is 0 Å². The molecule has 2 nitrogen and oxygen atoms in total. The number of halogens is 1. The van der Waals surface area contributed by atoms with Crippen LogP contribution in [0.5, 0.6) is 0 Å². The molecule has 0 radical (unpaired) electrons. The van der Waals surface area contributed by atoms with E-state index >= 15 is 0 Å². The molecule has 0 unspecified atom stereocenters. The number of aliphatic hydroxyl groups is 1. The van der Waals surface area contributed by atoms with E-state index in [0.717, 1.165) is 0 Å². The van der Waals surface area contributed by atoms with Crippen molar-refractivity contribution in [1.29, 1.82) is 0 Å². The molecule has 3 heteroatoms. The predicted molar refractivity (Wildman–Crippen MR) is 54.7 cm³/mol. The largest absolute Gasteiger partial charge is 0.384 e. The Morgan fingerprint density at radius 2 is 1.93 bits per heavy atom. The summed E-state index contributed by atoms with van der Waals surface area (Å²) in [6.07, 6.45) is 2.37. The first-order valence-corrected chi connectivity index (χ1v) is 4.61. The van der Waals surface area contributed by atoms with Gasteiger partial charge in [0, 0.05) is 18.0 Å². The fourth-order valence-corrected chi connectivity index (χ4v) is 1.41. The van der Waals surface area contributed by atoms with Crippen LogP contribution in [0.4, 0.5) is 4.39 Å². The number of rotatable bonds is 2. The van der Waals surface area contributed by atoms with Crippen LogP contribution < -0.4 is 0 Å². The van der Waals surface area contributed by atoms with Crippen molar-refractivity contribution in [2.75, 3.05) is 0 Å². The number of hydrogen-bond donors (Lipinski definition) is 1. The molecule has 0 saturated heterocycles. The summed E-state index contributed by atoms with van der Waals surface area (Å²) in [6, 6.07) is 9.41. The van der Waals surface area contributed by atoms with Crippen molar-refractivity contribution in [3.63, 3.8) is 0 Å². The zero-order valence-electron chi connectivity index (χ0n) is 7.97. The normalized spacial score (nSPS) is 12.4. The minimum atomic E-state index is -0.825. The molecule has 0 aliphatic heterocycles. The maximum absolute atomic E-state index is 12.9. The Bertz CT molecular complexity index is 444. The smallest absolute Gasteiger partial charge is 0.123 e. The molecule has 0 aliphatic carbocycles. The van der Waals surface area contributed by atoms with Gasteiger partial charge in [0.15, 0.2) is 0 Å². The highest BCUT2D eigenvalue weighted by Gasteiger charge is 2.10. The summed E-state index contributed by atoms with van der Waals surface area (Å²) < 4.78 is 12.9. The molecule has 15 heavy (non-hydrogen) atoms. The molecule has 1 aromatic carbocycles. The van der Waals surface area contributed by atoms with E-state index in [1.807, 2.05) is 0 Å². The van der Waals surface area contributed by atoms with E-state index in [9.17, 15) is 9.50 Å². The van der Waals surface area contributed by atoms with Crippen LogP contribution in [0, 0.1) is 5.82 Å². The number of benzene rings is 1. The molecule has 0 bridgehead atoms. The summed E-state index contributed by atoms with van der Waals surface area (Å²) in [5, 5.41) is 9.91.